The van der Waals surface area contributed by atoms with Crippen molar-refractivity contribution in [3.05, 3.63) is 23.8 Å². The molecule has 4 heteroatoms. The van der Waals surface area contributed by atoms with Gasteiger partial charge in [-0.2, -0.15) is 0 Å². The van der Waals surface area contributed by atoms with Crippen LogP contribution in [0.1, 0.15) is 31.2 Å². The van der Waals surface area contributed by atoms with Gasteiger partial charge in [-0.05, 0) is 55.4 Å². The molecule has 2 saturated carbocycles. The topological polar surface area (TPSA) is 38.0 Å². The first kappa shape index (κ1) is 13.3. The number of thioether (sulfide) groups is 1. The highest BCUT2D eigenvalue weighted by Gasteiger charge is 2.53. The highest BCUT2D eigenvalue weighted by atomic mass is 32.2. The fourth-order valence-corrected chi connectivity index (χ4v) is 3.88. The number of benzene rings is 1. The third-order valence-corrected chi connectivity index (χ3v) is 5.44. The Morgan fingerprint density at radius 3 is 2.74 bits per heavy atom. The minimum Gasteiger partial charge on any atom is -0.389 e. The third kappa shape index (κ3) is 2.61. The van der Waals surface area contributed by atoms with Gasteiger partial charge in [0.1, 0.15) is 4.99 Å². The van der Waals surface area contributed by atoms with E-state index in [1.54, 1.807) is 11.8 Å². The molecule has 0 bridgehead atoms. The molecule has 2 fully saturated rings. The minimum atomic E-state index is 0.490. The van der Waals surface area contributed by atoms with E-state index in [0.717, 1.165) is 28.6 Å². The van der Waals surface area contributed by atoms with Crippen LogP contribution in [0.25, 0.3) is 0 Å². The SMILES string of the molecule is CSc1cccc(NCC2(C3CC3)CC2)c1C(N)=S. The first-order valence-corrected chi connectivity index (χ1v) is 8.50. The van der Waals surface area contributed by atoms with Crippen LogP contribution in [0.5, 0.6) is 0 Å². The molecule has 3 rings (SSSR count). The molecular weight excluding hydrogens is 272 g/mol. The van der Waals surface area contributed by atoms with Crippen LogP contribution in [0.2, 0.25) is 0 Å². The summed E-state index contributed by atoms with van der Waals surface area (Å²) < 4.78 is 0. The summed E-state index contributed by atoms with van der Waals surface area (Å²) >= 11 is 6.91. The lowest BCUT2D eigenvalue weighted by atomic mass is 10.0. The fourth-order valence-electron chi connectivity index (χ4n) is 2.96. The smallest absolute Gasteiger partial charge is 0.107 e. The number of hydrogen-bond acceptors (Lipinski definition) is 3. The van der Waals surface area contributed by atoms with Crippen LogP contribution in [0.3, 0.4) is 0 Å². The summed E-state index contributed by atoms with van der Waals surface area (Å²) in [6.45, 7) is 1.07. The van der Waals surface area contributed by atoms with E-state index in [4.69, 9.17) is 18.0 Å². The molecule has 0 aromatic heterocycles. The van der Waals surface area contributed by atoms with Crippen LogP contribution >= 0.6 is 24.0 Å². The summed E-state index contributed by atoms with van der Waals surface area (Å²) in [6, 6.07) is 6.25. The largest absolute Gasteiger partial charge is 0.389 e. The molecule has 0 spiro atoms. The summed E-state index contributed by atoms with van der Waals surface area (Å²) in [4.78, 5) is 1.65. The number of rotatable bonds is 6. The van der Waals surface area contributed by atoms with E-state index in [2.05, 4.69) is 29.8 Å². The van der Waals surface area contributed by atoms with Gasteiger partial charge in [0.05, 0.1) is 0 Å². The van der Waals surface area contributed by atoms with Gasteiger partial charge in [-0.25, -0.2) is 0 Å². The zero-order valence-electron chi connectivity index (χ0n) is 11.2. The molecule has 0 heterocycles. The summed E-state index contributed by atoms with van der Waals surface area (Å²) in [5.41, 5.74) is 8.60. The van der Waals surface area contributed by atoms with E-state index in [9.17, 15) is 0 Å². The number of anilines is 1. The maximum absolute atomic E-state index is 5.90. The Bertz CT molecular complexity index is 505. The molecule has 0 radical (unpaired) electrons. The van der Waals surface area contributed by atoms with Gasteiger partial charge in [-0.15, -0.1) is 11.8 Å². The Kier molecular flexibility index (Phi) is 3.48. The van der Waals surface area contributed by atoms with Crippen LogP contribution in [0.4, 0.5) is 5.69 Å². The summed E-state index contributed by atoms with van der Waals surface area (Å²) in [7, 11) is 0. The second-order valence-corrected chi connectivity index (χ2v) is 7.03. The second kappa shape index (κ2) is 4.98. The molecule has 2 aliphatic carbocycles. The standard InChI is InChI=1S/C15H20N2S2/c1-19-12-4-2-3-11(13(12)14(16)18)17-9-15(7-8-15)10-5-6-10/h2-4,10,17H,5-9H2,1H3,(H2,16,18). The maximum Gasteiger partial charge on any atom is 0.107 e. The van der Waals surface area contributed by atoms with E-state index in [1.807, 2.05) is 0 Å². The minimum absolute atomic E-state index is 0.490. The molecule has 19 heavy (non-hydrogen) atoms. The first-order chi connectivity index (χ1) is 9.16. The van der Waals surface area contributed by atoms with E-state index < -0.39 is 0 Å². The van der Waals surface area contributed by atoms with Gasteiger partial charge in [0, 0.05) is 22.7 Å². The predicted molar refractivity (Wildman–Crippen MR) is 87.0 cm³/mol. The van der Waals surface area contributed by atoms with Gasteiger partial charge in [0.15, 0.2) is 0 Å². The summed E-state index contributed by atoms with van der Waals surface area (Å²) in [5.74, 6) is 0.969. The number of hydrogen-bond donors (Lipinski definition) is 2. The molecule has 3 N–H and O–H groups in total. The van der Waals surface area contributed by atoms with E-state index in [1.165, 1.54) is 25.7 Å². The molecular formula is C15H20N2S2. The van der Waals surface area contributed by atoms with Gasteiger partial charge < -0.3 is 11.1 Å². The molecule has 0 saturated heterocycles. The van der Waals surface area contributed by atoms with Gasteiger partial charge >= 0.3 is 0 Å². The van der Waals surface area contributed by atoms with Crippen LogP contribution in [-0.2, 0) is 0 Å². The number of thiocarbonyl (C=S) groups is 1. The zero-order valence-corrected chi connectivity index (χ0v) is 12.9. The Morgan fingerprint density at radius 2 is 2.21 bits per heavy atom. The molecule has 0 amide bonds. The predicted octanol–water partition coefficient (Wildman–Crippen LogP) is 3.64. The quantitative estimate of drug-likeness (QED) is 0.620. The normalized spacial score (nSPS) is 20.1. The van der Waals surface area contributed by atoms with Crippen LogP contribution in [-0.4, -0.2) is 17.8 Å². The Balaban J connectivity index is 1.78. The van der Waals surface area contributed by atoms with Gasteiger partial charge in [-0.3, -0.25) is 0 Å². The van der Waals surface area contributed by atoms with Crippen molar-refractivity contribution in [2.45, 2.75) is 30.6 Å². The lowest BCUT2D eigenvalue weighted by Crippen LogP contribution is -2.20. The summed E-state index contributed by atoms with van der Waals surface area (Å²) in [6.07, 6.45) is 7.68. The summed E-state index contributed by atoms with van der Waals surface area (Å²) in [5, 5.41) is 3.61. The van der Waals surface area contributed by atoms with Crippen molar-refractivity contribution in [1.29, 1.82) is 0 Å². The van der Waals surface area contributed by atoms with Crippen LogP contribution in [0.15, 0.2) is 23.1 Å². The van der Waals surface area contributed by atoms with Gasteiger partial charge in [0.2, 0.25) is 0 Å². The van der Waals surface area contributed by atoms with Crippen LogP contribution < -0.4 is 11.1 Å². The van der Waals surface area contributed by atoms with Crippen molar-refractivity contribution in [1.82, 2.24) is 0 Å². The second-order valence-electron chi connectivity index (χ2n) is 5.74. The molecule has 0 atom stereocenters. The van der Waals surface area contributed by atoms with Crippen molar-refractivity contribution in [2.75, 3.05) is 18.1 Å². The number of nitrogens with one attached hydrogen (secondary N) is 1. The monoisotopic (exact) mass is 292 g/mol. The zero-order chi connectivity index (χ0) is 13.5. The molecule has 1 aromatic rings. The first-order valence-electron chi connectivity index (χ1n) is 6.87. The fraction of sp³-hybridized carbons (Fsp3) is 0.533. The van der Waals surface area contributed by atoms with Crippen molar-refractivity contribution in [3.8, 4) is 0 Å². The van der Waals surface area contributed by atoms with Gasteiger partial charge in [0.25, 0.3) is 0 Å². The average Bonchev–Trinajstić information content (AvgIpc) is 3.27. The average molecular weight is 292 g/mol. The molecule has 1 aromatic carbocycles. The van der Waals surface area contributed by atoms with Crippen molar-refractivity contribution in [2.24, 2.45) is 17.1 Å². The van der Waals surface area contributed by atoms with Gasteiger partial charge in [-0.1, -0.05) is 18.3 Å². The molecule has 102 valence electrons. The van der Waals surface area contributed by atoms with E-state index >= 15 is 0 Å². The third-order valence-electron chi connectivity index (χ3n) is 4.46. The molecule has 0 unspecified atom stereocenters. The number of nitrogens with two attached hydrogens (primary N) is 1. The lowest BCUT2D eigenvalue weighted by molar-refractivity contribution is 0.467. The Hall–Kier alpha value is -0.740. The molecule has 2 aliphatic rings. The van der Waals surface area contributed by atoms with Crippen molar-refractivity contribution >= 4 is 34.7 Å². The van der Waals surface area contributed by atoms with E-state index in [0.29, 0.717) is 10.4 Å². The van der Waals surface area contributed by atoms with E-state index in [-0.39, 0.29) is 0 Å². The maximum atomic E-state index is 5.90. The van der Waals surface area contributed by atoms with Crippen molar-refractivity contribution in [3.63, 3.8) is 0 Å². The Morgan fingerprint density at radius 1 is 1.47 bits per heavy atom. The molecule has 2 nitrogen and oxygen atoms in total. The highest BCUT2D eigenvalue weighted by Crippen LogP contribution is 2.61. The van der Waals surface area contributed by atoms with Crippen LogP contribution in [0, 0.1) is 11.3 Å². The highest BCUT2D eigenvalue weighted by molar-refractivity contribution is 7.98. The molecule has 0 aliphatic heterocycles. The lowest BCUT2D eigenvalue weighted by Gasteiger charge is -2.19. The van der Waals surface area contributed by atoms with Crippen molar-refractivity contribution < 1.29 is 0 Å². The Labute approximate surface area is 124 Å².